The molecule has 2 aliphatic rings. The Balaban J connectivity index is 1.71. The monoisotopic (exact) mass is 337 g/mol. The van der Waals surface area contributed by atoms with E-state index in [-0.39, 0.29) is 24.0 Å². The van der Waals surface area contributed by atoms with Crippen LogP contribution in [0.25, 0.3) is 0 Å². The largest absolute Gasteiger partial charge is 0.401 e. The van der Waals surface area contributed by atoms with Gasteiger partial charge in [0.1, 0.15) is 0 Å². The van der Waals surface area contributed by atoms with Crippen LogP contribution in [0.2, 0.25) is 0 Å². The van der Waals surface area contributed by atoms with E-state index in [1.807, 2.05) is 6.92 Å². The smallest absolute Gasteiger partial charge is 0.392 e. The molecule has 0 aromatic carbocycles. The first-order valence-corrected chi connectivity index (χ1v) is 8.19. The van der Waals surface area contributed by atoms with E-state index in [0.29, 0.717) is 19.5 Å². The molecule has 3 N–H and O–H groups in total. The second-order valence-electron chi connectivity index (χ2n) is 7.08. The number of hydrogen-bond acceptors (Lipinski definition) is 3. The molecule has 2 amide bonds. The summed E-state index contributed by atoms with van der Waals surface area (Å²) in [4.78, 5) is 13.2. The molecule has 1 aliphatic carbocycles. The van der Waals surface area contributed by atoms with E-state index in [1.54, 1.807) is 0 Å². The van der Waals surface area contributed by atoms with Gasteiger partial charge in [-0.05, 0) is 19.3 Å². The second kappa shape index (κ2) is 7.25. The summed E-state index contributed by atoms with van der Waals surface area (Å²) >= 11 is 0. The van der Waals surface area contributed by atoms with Gasteiger partial charge in [0.25, 0.3) is 0 Å². The molecule has 1 aliphatic heterocycles. The molecule has 134 valence electrons. The maximum atomic E-state index is 12.3. The van der Waals surface area contributed by atoms with Crippen LogP contribution in [0, 0.1) is 5.41 Å². The number of nitrogens with zero attached hydrogens (tertiary/aromatic N) is 1. The SMILES string of the molecule is CC1(CNC(=O)NC2CCN(CC(F)(F)F)C2)CCCCC1O. The quantitative estimate of drug-likeness (QED) is 0.734. The van der Waals surface area contributed by atoms with Crippen molar-refractivity contribution in [1.82, 2.24) is 15.5 Å². The first kappa shape index (κ1) is 18.3. The standard InChI is InChI=1S/C15H26F3N3O2/c1-14(6-3-2-4-12(14)22)9-19-13(23)20-11-5-7-21(8-11)10-15(16,17)18/h11-12,22H,2-10H2,1H3,(H2,19,20,23). The molecule has 23 heavy (non-hydrogen) atoms. The molecule has 0 aromatic heterocycles. The van der Waals surface area contributed by atoms with E-state index in [4.69, 9.17) is 0 Å². The molecule has 1 saturated carbocycles. The highest BCUT2D eigenvalue weighted by atomic mass is 19.4. The number of carbonyl (C=O) groups is 1. The number of rotatable bonds is 4. The molecule has 0 spiro atoms. The number of carbonyl (C=O) groups excluding carboxylic acids is 1. The van der Waals surface area contributed by atoms with E-state index in [1.165, 1.54) is 4.90 Å². The third-order valence-corrected chi connectivity index (χ3v) is 4.94. The normalized spacial score (nSPS) is 32.7. The Labute approximate surface area is 134 Å². The van der Waals surface area contributed by atoms with Crippen molar-refractivity contribution in [2.45, 2.75) is 57.3 Å². The number of amides is 2. The maximum Gasteiger partial charge on any atom is 0.401 e. The van der Waals surface area contributed by atoms with Gasteiger partial charge in [-0.15, -0.1) is 0 Å². The molecule has 0 aromatic rings. The number of halogens is 3. The molecule has 8 heteroatoms. The summed E-state index contributed by atoms with van der Waals surface area (Å²) in [5, 5.41) is 15.6. The van der Waals surface area contributed by atoms with Gasteiger partial charge >= 0.3 is 12.2 Å². The van der Waals surface area contributed by atoms with E-state index >= 15 is 0 Å². The molecular weight excluding hydrogens is 311 g/mol. The summed E-state index contributed by atoms with van der Waals surface area (Å²) < 4.78 is 37.0. The fourth-order valence-electron chi connectivity index (χ4n) is 3.45. The first-order chi connectivity index (χ1) is 10.7. The summed E-state index contributed by atoms with van der Waals surface area (Å²) in [6.45, 7) is 1.95. The summed E-state index contributed by atoms with van der Waals surface area (Å²) in [6.07, 6.45) is -0.477. The van der Waals surface area contributed by atoms with Gasteiger partial charge in [0.15, 0.2) is 0 Å². The molecule has 1 saturated heterocycles. The van der Waals surface area contributed by atoms with E-state index in [0.717, 1.165) is 25.7 Å². The minimum atomic E-state index is -4.21. The van der Waals surface area contributed by atoms with Crippen molar-refractivity contribution in [3.63, 3.8) is 0 Å². The Morgan fingerprint density at radius 2 is 2.09 bits per heavy atom. The number of likely N-dealkylation sites (tertiary alicyclic amines) is 1. The van der Waals surface area contributed by atoms with Crippen LogP contribution in [0.4, 0.5) is 18.0 Å². The number of aliphatic hydroxyl groups is 1. The van der Waals surface area contributed by atoms with Crippen molar-refractivity contribution < 1.29 is 23.1 Å². The van der Waals surface area contributed by atoms with E-state index in [2.05, 4.69) is 10.6 Å². The minimum Gasteiger partial charge on any atom is -0.392 e. The zero-order valence-electron chi connectivity index (χ0n) is 13.5. The highest BCUT2D eigenvalue weighted by molar-refractivity contribution is 5.74. The van der Waals surface area contributed by atoms with Gasteiger partial charge in [-0.2, -0.15) is 13.2 Å². The Hall–Kier alpha value is -1.02. The fourth-order valence-corrected chi connectivity index (χ4v) is 3.45. The number of nitrogens with one attached hydrogen (secondary N) is 2. The lowest BCUT2D eigenvalue weighted by atomic mass is 9.73. The van der Waals surface area contributed by atoms with Crippen molar-refractivity contribution in [2.75, 3.05) is 26.2 Å². The van der Waals surface area contributed by atoms with Crippen LogP contribution < -0.4 is 10.6 Å². The molecule has 3 atom stereocenters. The third-order valence-electron chi connectivity index (χ3n) is 4.94. The zero-order valence-corrected chi connectivity index (χ0v) is 13.5. The molecule has 2 fully saturated rings. The highest BCUT2D eigenvalue weighted by Crippen LogP contribution is 2.35. The van der Waals surface area contributed by atoms with Gasteiger partial charge in [-0.25, -0.2) is 4.79 Å². The maximum absolute atomic E-state index is 12.3. The molecule has 2 rings (SSSR count). The molecule has 0 radical (unpaired) electrons. The van der Waals surface area contributed by atoms with Gasteiger partial charge < -0.3 is 15.7 Å². The van der Waals surface area contributed by atoms with Crippen LogP contribution >= 0.6 is 0 Å². The lowest BCUT2D eigenvalue weighted by molar-refractivity contribution is -0.143. The Bertz CT molecular complexity index is 419. The van der Waals surface area contributed by atoms with Crippen LogP contribution in [0.3, 0.4) is 0 Å². The van der Waals surface area contributed by atoms with Crippen molar-refractivity contribution in [1.29, 1.82) is 0 Å². The van der Waals surface area contributed by atoms with E-state index < -0.39 is 18.8 Å². The van der Waals surface area contributed by atoms with E-state index in [9.17, 15) is 23.1 Å². The van der Waals surface area contributed by atoms with Crippen LogP contribution in [0.5, 0.6) is 0 Å². The Kier molecular flexibility index (Phi) is 5.78. The highest BCUT2D eigenvalue weighted by Gasteiger charge is 2.37. The second-order valence-corrected chi connectivity index (χ2v) is 7.08. The molecule has 3 unspecified atom stereocenters. The number of alkyl halides is 3. The Morgan fingerprint density at radius 1 is 1.35 bits per heavy atom. The van der Waals surface area contributed by atoms with Gasteiger partial charge in [0.05, 0.1) is 12.6 Å². The summed E-state index contributed by atoms with van der Waals surface area (Å²) in [5.41, 5.74) is -0.326. The van der Waals surface area contributed by atoms with Crippen LogP contribution in [0.15, 0.2) is 0 Å². The summed E-state index contributed by atoms with van der Waals surface area (Å²) in [5.74, 6) is 0. The topological polar surface area (TPSA) is 64.6 Å². The van der Waals surface area contributed by atoms with Crippen LogP contribution in [0.1, 0.15) is 39.0 Å². The van der Waals surface area contributed by atoms with Gasteiger partial charge in [-0.1, -0.05) is 19.8 Å². The predicted molar refractivity (Wildman–Crippen MR) is 80.0 cm³/mol. The fraction of sp³-hybridized carbons (Fsp3) is 0.933. The first-order valence-electron chi connectivity index (χ1n) is 8.19. The number of hydrogen-bond donors (Lipinski definition) is 3. The van der Waals surface area contributed by atoms with Gasteiger partial charge in [-0.3, -0.25) is 4.90 Å². The summed E-state index contributed by atoms with van der Waals surface area (Å²) in [6, 6.07) is -0.635. The number of aliphatic hydroxyl groups excluding tert-OH is 1. The molecular formula is C15H26F3N3O2. The van der Waals surface area contributed by atoms with Crippen molar-refractivity contribution in [3.8, 4) is 0 Å². The van der Waals surface area contributed by atoms with Crippen molar-refractivity contribution >= 4 is 6.03 Å². The third kappa shape index (κ3) is 5.53. The van der Waals surface area contributed by atoms with Crippen LogP contribution in [-0.4, -0.2) is 60.5 Å². The van der Waals surface area contributed by atoms with Gasteiger partial charge in [0, 0.05) is 31.1 Å². The molecule has 0 bridgehead atoms. The molecule has 5 nitrogen and oxygen atoms in total. The average Bonchev–Trinajstić information content (AvgIpc) is 2.85. The molecule has 1 heterocycles. The lowest BCUT2D eigenvalue weighted by Crippen LogP contribution is -2.50. The lowest BCUT2D eigenvalue weighted by Gasteiger charge is -2.38. The van der Waals surface area contributed by atoms with Gasteiger partial charge in [0.2, 0.25) is 0 Å². The zero-order chi connectivity index (χ0) is 17.1. The Morgan fingerprint density at radius 3 is 2.74 bits per heavy atom. The van der Waals surface area contributed by atoms with Crippen molar-refractivity contribution in [2.24, 2.45) is 5.41 Å². The minimum absolute atomic E-state index is 0.215. The van der Waals surface area contributed by atoms with Crippen molar-refractivity contribution in [3.05, 3.63) is 0 Å². The predicted octanol–water partition coefficient (Wildman–Crippen LogP) is 1.86. The number of urea groups is 1. The van der Waals surface area contributed by atoms with Crippen LogP contribution in [-0.2, 0) is 0 Å². The summed E-state index contributed by atoms with van der Waals surface area (Å²) in [7, 11) is 0. The average molecular weight is 337 g/mol.